The molecule has 2 heterocycles. The molecule has 1 fully saturated rings. The van der Waals surface area contributed by atoms with E-state index in [-0.39, 0.29) is 11.6 Å². The Morgan fingerprint density at radius 2 is 2.00 bits per heavy atom. The van der Waals surface area contributed by atoms with Gasteiger partial charge in [0.05, 0.1) is 14.2 Å². The van der Waals surface area contributed by atoms with Gasteiger partial charge in [0.1, 0.15) is 11.5 Å². The molecular weight excluding hydrogens is 298 g/mol. The second-order valence-electron chi connectivity index (χ2n) is 5.36. The van der Waals surface area contributed by atoms with Crippen molar-refractivity contribution in [2.45, 2.75) is 12.8 Å². The first-order valence-electron chi connectivity index (χ1n) is 7.53. The van der Waals surface area contributed by atoms with Crippen LogP contribution in [0.1, 0.15) is 18.4 Å². The molecule has 122 valence electrons. The van der Waals surface area contributed by atoms with Gasteiger partial charge in [-0.1, -0.05) is 0 Å². The number of hydrogen-bond acceptors (Lipinski definition) is 6. The fraction of sp³-hybridized carbons (Fsp3) is 0.412. The molecular formula is C17H19NO5. The lowest BCUT2D eigenvalue weighted by Gasteiger charge is -2.20. The summed E-state index contributed by atoms with van der Waals surface area (Å²) in [6.07, 6.45) is 3.31. The predicted molar refractivity (Wildman–Crippen MR) is 84.6 cm³/mol. The van der Waals surface area contributed by atoms with Crippen molar-refractivity contribution < 1.29 is 23.7 Å². The van der Waals surface area contributed by atoms with Crippen LogP contribution in [0.25, 0.3) is 6.08 Å². The summed E-state index contributed by atoms with van der Waals surface area (Å²) in [7, 11) is 3.16. The second-order valence-corrected chi connectivity index (χ2v) is 5.36. The standard InChI is InChI=1S/C17H19NO5/c1-20-13-3-4-15(21-2)12(9-13)10-14-17(19)23-16(18-14)11-5-7-22-8-6-11/h3-4,9-11H,5-8H2,1-2H3/b14-10-. The second kappa shape index (κ2) is 6.83. The number of cyclic esters (lactones) is 1. The van der Waals surface area contributed by atoms with Crippen molar-refractivity contribution in [2.24, 2.45) is 10.9 Å². The van der Waals surface area contributed by atoms with Gasteiger partial charge in [-0.15, -0.1) is 0 Å². The maximum absolute atomic E-state index is 12.1. The number of ether oxygens (including phenoxy) is 4. The van der Waals surface area contributed by atoms with Crippen molar-refractivity contribution in [3.05, 3.63) is 29.5 Å². The first kappa shape index (κ1) is 15.6. The molecule has 0 aliphatic carbocycles. The molecule has 3 rings (SSSR count). The molecule has 0 bridgehead atoms. The third-order valence-corrected chi connectivity index (χ3v) is 3.94. The highest BCUT2D eigenvalue weighted by molar-refractivity contribution is 6.08. The van der Waals surface area contributed by atoms with Crippen molar-refractivity contribution >= 4 is 17.9 Å². The van der Waals surface area contributed by atoms with E-state index in [1.54, 1.807) is 38.5 Å². The molecule has 0 spiro atoms. The molecule has 0 aromatic heterocycles. The molecule has 2 aliphatic rings. The zero-order valence-corrected chi connectivity index (χ0v) is 13.2. The topological polar surface area (TPSA) is 66.3 Å². The fourth-order valence-electron chi connectivity index (χ4n) is 2.64. The Kier molecular flexibility index (Phi) is 4.62. The lowest BCUT2D eigenvalue weighted by Crippen LogP contribution is -2.24. The lowest BCUT2D eigenvalue weighted by molar-refractivity contribution is -0.130. The Labute approximate surface area is 134 Å². The van der Waals surface area contributed by atoms with E-state index in [0.717, 1.165) is 18.4 Å². The number of esters is 1. The van der Waals surface area contributed by atoms with E-state index in [1.165, 1.54) is 0 Å². The third kappa shape index (κ3) is 3.37. The molecule has 0 saturated carbocycles. The van der Waals surface area contributed by atoms with E-state index in [1.807, 2.05) is 0 Å². The zero-order chi connectivity index (χ0) is 16.2. The van der Waals surface area contributed by atoms with Crippen LogP contribution >= 0.6 is 0 Å². The average molecular weight is 317 g/mol. The summed E-state index contributed by atoms with van der Waals surface area (Å²) < 4.78 is 21.2. The van der Waals surface area contributed by atoms with Gasteiger partial charge in [0.25, 0.3) is 0 Å². The highest BCUT2D eigenvalue weighted by atomic mass is 16.6. The molecule has 0 atom stereocenters. The van der Waals surface area contributed by atoms with Gasteiger partial charge in [-0.2, -0.15) is 0 Å². The molecule has 0 unspecified atom stereocenters. The molecule has 1 aromatic carbocycles. The maximum atomic E-state index is 12.1. The minimum Gasteiger partial charge on any atom is -0.497 e. The van der Waals surface area contributed by atoms with Crippen LogP contribution in [0.15, 0.2) is 28.9 Å². The normalized spacial score (nSPS) is 20.3. The Morgan fingerprint density at radius 1 is 1.22 bits per heavy atom. The van der Waals surface area contributed by atoms with Crippen molar-refractivity contribution in [1.82, 2.24) is 0 Å². The van der Waals surface area contributed by atoms with Gasteiger partial charge in [0.2, 0.25) is 5.90 Å². The Hall–Kier alpha value is -2.34. The van der Waals surface area contributed by atoms with Gasteiger partial charge in [0.15, 0.2) is 5.70 Å². The maximum Gasteiger partial charge on any atom is 0.363 e. The molecule has 0 N–H and O–H groups in total. The van der Waals surface area contributed by atoms with Crippen LogP contribution in [0, 0.1) is 5.92 Å². The zero-order valence-electron chi connectivity index (χ0n) is 13.2. The van der Waals surface area contributed by atoms with Crippen LogP contribution in [0.2, 0.25) is 0 Å². The first-order chi connectivity index (χ1) is 11.2. The number of aliphatic imine (C=N–C) groups is 1. The average Bonchev–Trinajstić information content (AvgIpc) is 2.96. The van der Waals surface area contributed by atoms with Crippen molar-refractivity contribution in [2.75, 3.05) is 27.4 Å². The van der Waals surface area contributed by atoms with Crippen LogP contribution in [0.5, 0.6) is 11.5 Å². The van der Waals surface area contributed by atoms with Crippen LogP contribution in [0.3, 0.4) is 0 Å². The first-order valence-corrected chi connectivity index (χ1v) is 7.53. The summed E-state index contributed by atoms with van der Waals surface area (Å²) in [5, 5.41) is 0. The van der Waals surface area contributed by atoms with E-state index < -0.39 is 5.97 Å². The minimum absolute atomic E-state index is 0.144. The summed E-state index contributed by atoms with van der Waals surface area (Å²) in [5.74, 6) is 1.52. The van der Waals surface area contributed by atoms with E-state index in [2.05, 4.69) is 4.99 Å². The van der Waals surface area contributed by atoms with E-state index >= 15 is 0 Å². The lowest BCUT2D eigenvalue weighted by atomic mass is 10.0. The summed E-state index contributed by atoms with van der Waals surface area (Å²) in [6, 6.07) is 5.38. The highest BCUT2D eigenvalue weighted by Gasteiger charge is 2.30. The summed E-state index contributed by atoms with van der Waals surface area (Å²) in [5.41, 5.74) is 0.994. The summed E-state index contributed by atoms with van der Waals surface area (Å²) >= 11 is 0. The van der Waals surface area contributed by atoms with E-state index in [4.69, 9.17) is 18.9 Å². The van der Waals surface area contributed by atoms with E-state index in [0.29, 0.717) is 30.6 Å². The molecule has 1 aromatic rings. The van der Waals surface area contributed by atoms with E-state index in [9.17, 15) is 4.79 Å². The van der Waals surface area contributed by atoms with Gasteiger partial charge < -0.3 is 18.9 Å². The Morgan fingerprint density at radius 3 is 2.70 bits per heavy atom. The van der Waals surface area contributed by atoms with Gasteiger partial charge in [-0.3, -0.25) is 0 Å². The molecule has 2 aliphatic heterocycles. The predicted octanol–water partition coefficient (Wildman–Crippen LogP) is 2.43. The molecule has 6 heteroatoms. The Bertz CT molecular complexity index is 659. The van der Waals surface area contributed by atoms with Crippen LogP contribution in [0.4, 0.5) is 0 Å². The van der Waals surface area contributed by atoms with Gasteiger partial charge in [-0.25, -0.2) is 9.79 Å². The number of carbonyl (C=O) groups excluding carboxylic acids is 1. The monoisotopic (exact) mass is 317 g/mol. The molecule has 6 nitrogen and oxygen atoms in total. The summed E-state index contributed by atoms with van der Waals surface area (Å²) in [4.78, 5) is 16.5. The number of benzene rings is 1. The number of rotatable bonds is 4. The number of hydrogen-bond donors (Lipinski definition) is 0. The highest BCUT2D eigenvalue weighted by Crippen LogP contribution is 2.29. The van der Waals surface area contributed by atoms with Crippen LogP contribution < -0.4 is 9.47 Å². The fourth-order valence-corrected chi connectivity index (χ4v) is 2.64. The molecule has 0 radical (unpaired) electrons. The van der Waals surface area contributed by atoms with Gasteiger partial charge in [0, 0.05) is 24.7 Å². The van der Waals surface area contributed by atoms with Crippen molar-refractivity contribution in [3.63, 3.8) is 0 Å². The van der Waals surface area contributed by atoms with Crippen molar-refractivity contribution in [3.8, 4) is 11.5 Å². The van der Waals surface area contributed by atoms with Crippen LogP contribution in [-0.2, 0) is 14.3 Å². The molecule has 0 amide bonds. The third-order valence-electron chi connectivity index (χ3n) is 3.94. The number of methoxy groups -OCH3 is 2. The number of nitrogens with zero attached hydrogens (tertiary/aromatic N) is 1. The quantitative estimate of drug-likeness (QED) is 0.630. The van der Waals surface area contributed by atoms with Gasteiger partial charge in [-0.05, 0) is 37.1 Å². The minimum atomic E-state index is -0.434. The largest absolute Gasteiger partial charge is 0.497 e. The van der Waals surface area contributed by atoms with Crippen LogP contribution in [-0.4, -0.2) is 39.3 Å². The Balaban J connectivity index is 1.89. The SMILES string of the molecule is COc1ccc(OC)c(/C=C2\N=C(C3CCOCC3)OC2=O)c1. The number of carbonyl (C=O) groups is 1. The smallest absolute Gasteiger partial charge is 0.363 e. The molecule has 1 saturated heterocycles. The summed E-state index contributed by atoms with van der Waals surface area (Å²) in [6.45, 7) is 1.34. The molecule has 23 heavy (non-hydrogen) atoms. The van der Waals surface area contributed by atoms with Crippen molar-refractivity contribution in [1.29, 1.82) is 0 Å². The van der Waals surface area contributed by atoms with Gasteiger partial charge >= 0.3 is 5.97 Å².